The van der Waals surface area contributed by atoms with Crippen molar-refractivity contribution in [1.82, 2.24) is 0 Å². The van der Waals surface area contributed by atoms with Crippen LogP contribution in [0.5, 0.6) is 17.2 Å². The zero-order valence-corrected chi connectivity index (χ0v) is 21.5. The van der Waals surface area contributed by atoms with E-state index >= 15 is 0 Å². The van der Waals surface area contributed by atoms with Crippen LogP contribution in [0.2, 0.25) is 0 Å². The highest BCUT2D eigenvalue weighted by atomic mass is 16.5. The lowest BCUT2D eigenvalue weighted by Gasteiger charge is -2.09. The number of hydrogen-bond donors (Lipinski definition) is 0. The zero-order chi connectivity index (χ0) is 26.5. The summed E-state index contributed by atoms with van der Waals surface area (Å²) in [4.78, 5) is 25.1. The first-order valence-corrected chi connectivity index (χ1v) is 12.8. The second-order valence-corrected chi connectivity index (χ2v) is 8.78. The van der Waals surface area contributed by atoms with Crippen molar-refractivity contribution < 1.29 is 23.8 Å². The Balaban J connectivity index is 1.54. The van der Waals surface area contributed by atoms with Crippen LogP contribution < -0.4 is 14.2 Å². The molecule has 0 aliphatic rings. The molecule has 0 heterocycles. The van der Waals surface area contributed by atoms with Crippen LogP contribution in [0.3, 0.4) is 0 Å². The lowest BCUT2D eigenvalue weighted by molar-refractivity contribution is 0.0730. The minimum atomic E-state index is -0.596. The molecule has 0 aliphatic heterocycles. The van der Waals surface area contributed by atoms with Gasteiger partial charge in [-0.2, -0.15) is 5.26 Å². The van der Waals surface area contributed by atoms with Gasteiger partial charge in [-0.15, -0.1) is 0 Å². The molecule has 0 aliphatic carbocycles. The fourth-order valence-corrected chi connectivity index (χ4v) is 3.68. The molecular formula is C31H33NO5. The van der Waals surface area contributed by atoms with Gasteiger partial charge in [0.2, 0.25) is 0 Å². The number of benzene rings is 3. The molecule has 0 bridgehead atoms. The normalized spacial score (nSPS) is 10.4. The van der Waals surface area contributed by atoms with E-state index < -0.39 is 11.9 Å². The van der Waals surface area contributed by atoms with E-state index in [4.69, 9.17) is 14.2 Å². The van der Waals surface area contributed by atoms with Gasteiger partial charge in [-0.1, -0.05) is 45.6 Å². The Morgan fingerprint density at radius 2 is 1.35 bits per heavy atom. The Morgan fingerprint density at radius 3 is 1.97 bits per heavy atom. The molecule has 3 aromatic carbocycles. The molecule has 6 heteroatoms. The van der Waals surface area contributed by atoms with Crippen molar-refractivity contribution >= 4 is 11.9 Å². The quantitative estimate of drug-likeness (QED) is 0.139. The largest absolute Gasteiger partial charge is 0.494 e. The second kappa shape index (κ2) is 14.4. The molecule has 192 valence electrons. The van der Waals surface area contributed by atoms with E-state index in [1.807, 2.05) is 6.07 Å². The third kappa shape index (κ3) is 8.50. The summed E-state index contributed by atoms with van der Waals surface area (Å²) >= 11 is 0. The summed E-state index contributed by atoms with van der Waals surface area (Å²) in [6.07, 6.45) is 7.49. The van der Waals surface area contributed by atoms with Crippen molar-refractivity contribution in [1.29, 1.82) is 5.26 Å². The number of ether oxygens (including phenoxy) is 3. The van der Waals surface area contributed by atoms with Crippen molar-refractivity contribution in [2.45, 2.75) is 58.8 Å². The molecule has 0 unspecified atom stereocenters. The molecule has 0 amide bonds. The van der Waals surface area contributed by atoms with Crippen molar-refractivity contribution in [3.63, 3.8) is 0 Å². The van der Waals surface area contributed by atoms with E-state index in [9.17, 15) is 14.9 Å². The van der Waals surface area contributed by atoms with Crippen LogP contribution in [0.15, 0.2) is 66.7 Å². The maximum Gasteiger partial charge on any atom is 0.343 e. The van der Waals surface area contributed by atoms with Crippen LogP contribution in [0.25, 0.3) is 0 Å². The van der Waals surface area contributed by atoms with Gasteiger partial charge < -0.3 is 14.2 Å². The summed E-state index contributed by atoms with van der Waals surface area (Å²) in [5, 5.41) is 9.45. The minimum absolute atomic E-state index is 0.219. The SMILES string of the molecule is CCCCCCOc1ccc(C(=O)Oc2ccc(C(=O)Oc3ccc(CCCC)cc3C#N)cc2)cc1. The third-order valence-electron chi connectivity index (χ3n) is 5.84. The standard InChI is InChI=1S/C31H33NO5/c1-3-5-7-8-20-35-27-15-11-24(12-16-27)30(33)36-28-17-13-25(14-18-28)31(34)37-29-19-10-23(9-6-4-2)21-26(29)22-32/h10-19,21H,3-9,20H2,1-2H3. The van der Waals surface area contributed by atoms with Gasteiger partial charge in [-0.25, -0.2) is 9.59 Å². The smallest absolute Gasteiger partial charge is 0.343 e. The Labute approximate surface area is 218 Å². The first-order valence-electron chi connectivity index (χ1n) is 12.8. The number of hydrogen-bond acceptors (Lipinski definition) is 6. The fraction of sp³-hybridized carbons (Fsp3) is 0.323. The third-order valence-corrected chi connectivity index (χ3v) is 5.84. The van der Waals surface area contributed by atoms with Gasteiger partial charge in [0.15, 0.2) is 0 Å². The van der Waals surface area contributed by atoms with E-state index in [1.165, 1.54) is 37.1 Å². The molecule has 3 rings (SSSR count). The molecule has 0 atom stereocenters. The second-order valence-electron chi connectivity index (χ2n) is 8.78. The number of nitriles is 1. The summed E-state index contributed by atoms with van der Waals surface area (Å²) in [5.74, 6) is 0.131. The van der Waals surface area contributed by atoms with Gasteiger partial charge in [-0.3, -0.25) is 0 Å². The molecule has 0 spiro atoms. The Kier molecular flexibility index (Phi) is 10.7. The fourth-order valence-electron chi connectivity index (χ4n) is 3.68. The van der Waals surface area contributed by atoms with Crippen molar-refractivity contribution in [2.75, 3.05) is 6.61 Å². The van der Waals surface area contributed by atoms with E-state index in [-0.39, 0.29) is 11.3 Å². The molecule has 37 heavy (non-hydrogen) atoms. The van der Waals surface area contributed by atoms with Crippen LogP contribution in [-0.2, 0) is 6.42 Å². The molecular weight excluding hydrogens is 466 g/mol. The van der Waals surface area contributed by atoms with E-state index in [0.29, 0.717) is 29.2 Å². The molecule has 0 saturated carbocycles. The van der Waals surface area contributed by atoms with Crippen molar-refractivity contribution in [3.05, 3.63) is 89.0 Å². The zero-order valence-electron chi connectivity index (χ0n) is 21.5. The molecule has 0 fully saturated rings. The van der Waals surface area contributed by atoms with Crippen LogP contribution in [0.4, 0.5) is 0 Å². The molecule has 0 N–H and O–H groups in total. The van der Waals surface area contributed by atoms with Crippen molar-refractivity contribution in [3.8, 4) is 23.3 Å². The summed E-state index contributed by atoms with van der Waals surface area (Å²) in [6, 6.07) is 20.3. The molecule has 0 aromatic heterocycles. The number of aryl methyl sites for hydroxylation is 1. The van der Waals surface area contributed by atoms with Crippen LogP contribution >= 0.6 is 0 Å². The summed E-state index contributed by atoms with van der Waals surface area (Å²) in [6.45, 7) is 4.93. The average molecular weight is 500 g/mol. The minimum Gasteiger partial charge on any atom is -0.494 e. The number of nitrogens with zero attached hydrogens (tertiary/aromatic N) is 1. The molecule has 0 saturated heterocycles. The van der Waals surface area contributed by atoms with Gasteiger partial charge in [0.25, 0.3) is 0 Å². The van der Waals surface area contributed by atoms with Gasteiger partial charge in [0, 0.05) is 0 Å². The average Bonchev–Trinajstić information content (AvgIpc) is 2.93. The van der Waals surface area contributed by atoms with Crippen LogP contribution in [0, 0.1) is 11.3 Å². The number of carbonyl (C=O) groups excluding carboxylic acids is 2. The van der Waals surface area contributed by atoms with Crippen LogP contribution in [-0.4, -0.2) is 18.5 Å². The van der Waals surface area contributed by atoms with Crippen molar-refractivity contribution in [2.24, 2.45) is 0 Å². The molecule has 0 radical (unpaired) electrons. The summed E-state index contributed by atoms with van der Waals surface area (Å²) in [5.41, 5.74) is 2.03. The summed E-state index contributed by atoms with van der Waals surface area (Å²) in [7, 11) is 0. The number of unbranched alkanes of at least 4 members (excludes halogenated alkanes) is 4. The Hall–Kier alpha value is -4.11. The van der Waals surface area contributed by atoms with Gasteiger partial charge in [0.1, 0.15) is 23.3 Å². The topological polar surface area (TPSA) is 85.6 Å². The maximum absolute atomic E-state index is 12.6. The molecule has 6 nitrogen and oxygen atoms in total. The van der Waals surface area contributed by atoms with Gasteiger partial charge in [-0.05, 0) is 85.5 Å². The maximum atomic E-state index is 12.6. The monoisotopic (exact) mass is 499 g/mol. The first-order chi connectivity index (χ1) is 18.0. The Morgan fingerprint density at radius 1 is 0.730 bits per heavy atom. The lowest BCUT2D eigenvalue weighted by atomic mass is 10.1. The van der Waals surface area contributed by atoms with Crippen LogP contribution in [0.1, 0.15) is 84.2 Å². The Bertz CT molecular complexity index is 1210. The predicted molar refractivity (Wildman–Crippen MR) is 142 cm³/mol. The molecule has 3 aromatic rings. The van der Waals surface area contributed by atoms with E-state index in [2.05, 4.69) is 19.9 Å². The number of rotatable bonds is 13. The van der Waals surface area contributed by atoms with Gasteiger partial charge >= 0.3 is 11.9 Å². The highest BCUT2D eigenvalue weighted by Crippen LogP contribution is 2.23. The first kappa shape index (κ1) is 27.5. The predicted octanol–water partition coefficient (Wildman–Crippen LogP) is 7.30. The van der Waals surface area contributed by atoms with Gasteiger partial charge in [0.05, 0.1) is 23.3 Å². The highest BCUT2D eigenvalue weighted by molar-refractivity contribution is 5.93. The highest BCUT2D eigenvalue weighted by Gasteiger charge is 2.14. The number of esters is 2. The summed E-state index contributed by atoms with van der Waals surface area (Å²) < 4.78 is 16.6. The van der Waals surface area contributed by atoms with E-state index in [0.717, 1.165) is 37.7 Å². The number of carbonyl (C=O) groups is 2. The lowest BCUT2D eigenvalue weighted by Crippen LogP contribution is -2.11. The van der Waals surface area contributed by atoms with E-state index in [1.54, 1.807) is 36.4 Å².